The van der Waals surface area contributed by atoms with Crippen molar-refractivity contribution in [2.45, 2.75) is 30.9 Å². The summed E-state index contributed by atoms with van der Waals surface area (Å²) in [4.78, 5) is 16.2. The molecular formula is C13H16ClNO3S. The molecule has 1 fully saturated rings. The van der Waals surface area contributed by atoms with Crippen LogP contribution in [0.2, 0.25) is 5.15 Å². The average Bonchev–Trinajstić information content (AvgIpc) is 2.37. The van der Waals surface area contributed by atoms with Crippen LogP contribution in [-0.2, 0) is 9.84 Å². The largest absolute Gasteiger partial charge is 0.294 e. The zero-order valence-electron chi connectivity index (χ0n) is 10.7. The quantitative estimate of drug-likeness (QED) is 0.635. The number of aromatic nitrogens is 1. The van der Waals surface area contributed by atoms with Crippen molar-refractivity contribution in [1.29, 1.82) is 0 Å². The van der Waals surface area contributed by atoms with Gasteiger partial charge in [-0.05, 0) is 31.4 Å². The second-order valence-corrected chi connectivity index (χ2v) is 7.76. The highest BCUT2D eigenvalue weighted by Gasteiger charge is 2.32. The number of carbonyl (C=O) groups is 1. The van der Waals surface area contributed by atoms with E-state index in [2.05, 4.69) is 4.98 Å². The van der Waals surface area contributed by atoms with Crippen LogP contribution in [0.1, 0.15) is 36.0 Å². The number of nitrogens with zero attached hydrogens (tertiary/aromatic N) is 1. The van der Waals surface area contributed by atoms with Crippen LogP contribution in [0.5, 0.6) is 0 Å². The molecule has 0 spiro atoms. The Balaban J connectivity index is 2.16. The summed E-state index contributed by atoms with van der Waals surface area (Å²) in [5.41, 5.74) is 0.513. The van der Waals surface area contributed by atoms with Crippen molar-refractivity contribution in [2.24, 2.45) is 5.92 Å². The summed E-state index contributed by atoms with van der Waals surface area (Å²) in [7, 11) is -3.07. The summed E-state index contributed by atoms with van der Waals surface area (Å²) in [6, 6.07) is 3.16. The molecule has 1 aliphatic carbocycles. The Morgan fingerprint density at radius 2 is 2.16 bits per heavy atom. The topological polar surface area (TPSA) is 64.1 Å². The summed E-state index contributed by atoms with van der Waals surface area (Å²) in [5.74, 6) is -0.260. The maximum Gasteiger partial charge on any atom is 0.166 e. The highest BCUT2D eigenvalue weighted by molar-refractivity contribution is 7.91. The second-order valence-electron chi connectivity index (χ2n) is 5.05. The molecule has 0 radical (unpaired) electrons. The molecule has 1 aromatic heterocycles. The van der Waals surface area contributed by atoms with Crippen LogP contribution in [-0.4, -0.2) is 30.7 Å². The van der Waals surface area contributed by atoms with Crippen LogP contribution in [0.15, 0.2) is 18.3 Å². The molecule has 2 atom stereocenters. The van der Waals surface area contributed by atoms with Gasteiger partial charge in [-0.15, -0.1) is 0 Å². The van der Waals surface area contributed by atoms with E-state index < -0.39 is 15.1 Å². The molecule has 0 amide bonds. The number of sulfone groups is 1. The fraction of sp³-hybridized carbons (Fsp3) is 0.538. The van der Waals surface area contributed by atoms with E-state index in [1.165, 1.54) is 18.5 Å². The summed E-state index contributed by atoms with van der Waals surface area (Å²) in [6.45, 7) is 0. The van der Waals surface area contributed by atoms with Gasteiger partial charge in [0.1, 0.15) is 15.0 Å². The SMILES string of the molecule is CS(=O)(=O)C1CCCC(C(=O)c2ccnc(Cl)c2)C1. The van der Waals surface area contributed by atoms with E-state index in [4.69, 9.17) is 11.6 Å². The van der Waals surface area contributed by atoms with Gasteiger partial charge in [-0.1, -0.05) is 18.0 Å². The summed E-state index contributed by atoms with van der Waals surface area (Å²) < 4.78 is 23.2. The lowest BCUT2D eigenvalue weighted by Gasteiger charge is -2.27. The van der Waals surface area contributed by atoms with Crippen molar-refractivity contribution < 1.29 is 13.2 Å². The Morgan fingerprint density at radius 1 is 1.42 bits per heavy atom. The normalized spacial score (nSPS) is 24.1. The van der Waals surface area contributed by atoms with Crippen molar-refractivity contribution in [3.8, 4) is 0 Å². The molecule has 0 aliphatic heterocycles. The van der Waals surface area contributed by atoms with Crippen LogP contribution >= 0.6 is 11.6 Å². The van der Waals surface area contributed by atoms with Crippen molar-refractivity contribution in [2.75, 3.05) is 6.26 Å². The molecule has 0 N–H and O–H groups in total. The molecule has 1 saturated carbocycles. The fourth-order valence-corrected chi connectivity index (χ4v) is 3.91. The number of carbonyl (C=O) groups excluding carboxylic acids is 1. The Kier molecular flexibility index (Phi) is 4.26. The molecular weight excluding hydrogens is 286 g/mol. The summed E-state index contributed by atoms with van der Waals surface area (Å²) >= 11 is 5.77. The number of hydrogen-bond acceptors (Lipinski definition) is 4. The second kappa shape index (κ2) is 5.59. The molecule has 0 aromatic carbocycles. The van der Waals surface area contributed by atoms with Crippen molar-refractivity contribution in [3.05, 3.63) is 29.0 Å². The number of hydrogen-bond donors (Lipinski definition) is 0. The van der Waals surface area contributed by atoms with E-state index in [1.54, 1.807) is 6.07 Å². The molecule has 1 aliphatic rings. The first-order valence-corrected chi connectivity index (χ1v) is 8.56. The van der Waals surface area contributed by atoms with Crippen LogP contribution < -0.4 is 0 Å². The molecule has 2 unspecified atom stereocenters. The van der Waals surface area contributed by atoms with Crippen molar-refractivity contribution >= 4 is 27.2 Å². The minimum Gasteiger partial charge on any atom is -0.294 e. The van der Waals surface area contributed by atoms with Crippen LogP contribution in [0.3, 0.4) is 0 Å². The highest BCUT2D eigenvalue weighted by Crippen LogP contribution is 2.31. The molecule has 0 bridgehead atoms. The maximum atomic E-state index is 12.3. The van der Waals surface area contributed by atoms with Crippen molar-refractivity contribution in [1.82, 2.24) is 4.98 Å². The number of Topliss-reactive ketones (excluding diaryl/α,β-unsaturated/α-hetero) is 1. The molecule has 104 valence electrons. The highest BCUT2D eigenvalue weighted by atomic mass is 35.5. The zero-order chi connectivity index (χ0) is 14.0. The lowest BCUT2D eigenvalue weighted by atomic mass is 9.84. The first-order chi connectivity index (χ1) is 8.88. The van der Waals surface area contributed by atoms with E-state index in [0.29, 0.717) is 18.4 Å². The van der Waals surface area contributed by atoms with Gasteiger partial charge < -0.3 is 0 Å². The molecule has 1 aromatic rings. The third kappa shape index (κ3) is 3.54. The summed E-state index contributed by atoms with van der Waals surface area (Å²) in [5, 5.41) is -0.117. The third-order valence-electron chi connectivity index (χ3n) is 3.61. The smallest absolute Gasteiger partial charge is 0.166 e. The van der Waals surface area contributed by atoms with Gasteiger partial charge in [0.15, 0.2) is 5.78 Å². The van der Waals surface area contributed by atoms with E-state index in [0.717, 1.165) is 12.8 Å². The first-order valence-electron chi connectivity index (χ1n) is 6.22. The number of rotatable bonds is 3. The van der Waals surface area contributed by atoms with Gasteiger partial charge in [0, 0.05) is 23.9 Å². The molecule has 19 heavy (non-hydrogen) atoms. The zero-order valence-corrected chi connectivity index (χ0v) is 12.2. The monoisotopic (exact) mass is 301 g/mol. The van der Waals surface area contributed by atoms with Gasteiger partial charge in [0.25, 0.3) is 0 Å². The van der Waals surface area contributed by atoms with E-state index in [1.807, 2.05) is 0 Å². The van der Waals surface area contributed by atoms with E-state index >= 15 is 0 Å². The van der Waals surface area contributed by atoms with E-state index in [9.17, 15) is 13.2 Å². The predicted molar refractivity (Wildman–Crippen MR) is 74.2 cm³/mol. The average molecular weight is 302 g/mol. The van der Waals surface area contributed by atoms with Crippen LogP contribution in [0, 0.1) is 5.92 Å². The lowest BCUT2D eigenvalue weighted by molar-refractivity contribution is 0.0891. The van der Waals surface area contributed by atoms with Gasteiger partial charge in [0.05, 0.1) is 5.25 Å². The molecule has 1 heterocycles. The Bertz CT molecular complexity index is 585. The van der Waals surface area contributed by atoms with Crippen LogP contribution in [0.4, 0.5) is 0 Å². The number of halogens is 1. The first kappa shape index (κ1) is 14.5. The minimum absolute atomic E-state index is 0.0300. The fourth-order valence-electron chi connectivity index (χ4n) is 2.56. The standard InChI is InChI=1S/C13H16ClNO3S/c1-19(17,18)11-4-2-3-9(7-11)13(16)10-5-6-15-12(14)8-10/h5-6,8-9,11H,2-4,7H2,1H3. The van der Waals surface area contributed by atoms with Crippen LogP contribution in [0.25, 0.3) is 0 Å². The van der Waals surface area contributed by atoms with Gasteiger partial charge >= 0.3 is 0 Å². The molecule has 6 heteroatoms. The lowest BCUT2D eigenvalue weighted by Crippen LogP contribution is -2.31. The maximum absolute atomic E-state index is 12.3. The molecule has 0 saturated heterocycles. The van der Waals surface area contributed by atoms with Gasteiger partial charge in [-0.25, -0.2) is 13.4 Å². The minimum atomic E-state index is -3.07. The Morgan fingerprint density at radius 3 is 2.79 bits per heavy atom. The van der Waals surface area contributed by atoms with Gasteiger partial charge in [-0.2, -0.15) is 0 Å². The Hall–Kier alpha value is -0.940. The summed E-state index contributed by atoms with van der Waals surface area (Å²) in [6.07, 6.45) is 5.31. The van der Waals surface area contributed by atoms with Gasteiger partial charge in [0.2, 0.25) is 0 Å². The molecule has 2 rings (SSSR count). The number of pyridine rings is 1. The molecule has 4 nitrogen and oxygen atoms in total. The van der Waals surface area contributed by atoms with Crippen molar-refractivity contribution in [3.63, 3.8) is 0 Å². The third-order valence-corrected chi connectivity index (χ3v) is 5.46. The predicted octanol–water partition coefficient (Wildman–Crippen LogP) is 2.52. The van der Waals surface area contributed by atoms with Gasteiger partial charge in [-0.3, -0.25) is 4.79 Å². The Labute approximate surface area is 118 Å². The number of ketones is 1. The van der Waals surface area contributed by atoms with E-state index in [-0.39, 0.29) is 16.9 Å².